The second-order valence-electron chi connectivity index (χ2n) is 7.60. The highest BCUT2D eigenvalue weighted by Crippen LogP contribution is 2.27. The van der Waals surface area contributed by atoms with Crippen LogP contribution in [0, 0.1) is 5.92 Å². The van der Waals surface area contributed by atoms with Crippen LogP contribution in [0.5, 0.6) is 0 Å². The molecule has 2 aliphatic rings. The molecular formula is C22H24Cl2N2O. The number of hydrogen-bond donors (Lipinski definition) is 0. The number of nitrogens with zero attached hydrogens (tertiary/aromatic N) is 2. The fourth-order valence-electron chi connectivity index (χ4n) is 4.24. The van der Waals surface area contributed by atoms with Crippen molar-refractivity contribution in [2.45, 2.75) is 32.4 Å². The van der Waals surface area contributed by atoms with Crippen LogP contribution < -0.4 is 0 Å². The Morgan fingerprint density at radius 1 is 1.04 bits per heavy atom. The summed E-state index contributed by atoms with van der Waals surface area (Å²) >= 11 is 12.2. The van der Waals surface area contributed by atoms with Crippen molar-refractivity contribution in [2.24, 2.45) is 5.92 Å². The molecular weight excluding hydrogens is 379 g/mol. The fourth-order valence-corrected chi connectivity index (χ4v) is 4.56. The van der Waals surface area contributed by atoms with E-state index in [2.05, 4.69) is 34.1 Å². The number of halogens is 2. The van der Waals surface area contributed by atoms with Crippen LogP contribution in [0.4, 0.5) is 0 Å². The zero-order valence-corrected chi connectivity index (χ0v) is 16.8. The standard InChI is InChI=1S/C22H24Cl2N2O/c23-20-8-7-16(12-21(20)24)13-25-10-3-6-19(14-25)22(27)26-11-9-17-4-1-2-5-18(17)15-26/h1-2,4-5,7-8,12,19H,3,6,9-11,13-15H2. The van der Waals surface area contributed by atoms with Crippen molar-refractivity contribution in [3.8, 4) is 0 Å². The Hall–Kier alpha value is -1.55. The fraction of sp³-hybridized carbons (Fsp3) is 0.409. The minimum atomic E-state index is 0.0896. The highest BCUT2D eigenvalue weighted by Gasteiger charge is 2.30. The lowest BCUT2D eigenvalue weighted by Gasteiger charge is -2.36. The third-order valence-corrected chi connectivity index (χ3v) is 6.43. The molecule has 1 saturated heterocycles. The van der Waals surface area contributed by atoms with Gasteiger partial charge in [-0.3, -0.25) is 9.69 Å². The largest absolute Gasteiger partial charge is 0.338 e. The van der Waals surface area contributed by atoms with Gasteiger partial charge in [0.1, 0.15) is 0 Å². The monoisotopic (exact) mass is 402 g/mol. The predicted octanol–water partition coefficient (Wildman–Crippen LogP) is 4.79. The summed E-state index contributed by atoms with van der Waals surface area (Å²) in [6, 6.07) is 14.3. The third kappa shape index (κ3) is 4.31. The lowest BCUT2D eigenvalue weighted by molar-refractivity contribution is -0.138. The van der Waals surface area contributed by atoms with Gasteiger partial charge in [-0.05, 0) is 54.6 Å². The van der Waals surface area contributed by atoms with Crippen LogP contribution in [0.1, 0.15) is 29.5 Å². The molecule has 4 rings (SSSR count). The zero-order chi connectivity index (χ0) is 18.8. The molecule has 2 aromatic carbocycles. The average molecular weight is 403 g/mol. The van der Waals surface area contributed by atoms with Crippen LogP contribution in [0.15, 0.2) is 42.5 Å². The van der Waals surface area contributed by atoms with Gasteiger partial charge in [0.05, 0.1) is 16.0 Å². The minimum absolute atomic E-state index is 0.0896. The summed E-state index contributed by atoms with van der Waals surface area (Å²) in [5.74, 6) is 0.398. The van der Waals surface area contributed by atoms with E-state index in [0.717, 1.165) is 57.5 Å². The van der Waals surface area contributed by atoms with Crippen LogP contribution in [-0.2, 0) is 24.3 Å². The van der Waals surface area contributed by atoms with Crippen LogP contribution in [0.3, 0.4) is 0 Å². The van der Waals surface area contributed by atoms with E-state index in [1.165, 1.54) is 11.1 Å². The first kappa shape index (κ1) is 18.8. The highest BCUT2D eigenvalue weighted by molar-refractivity contribution is 6.42. The highest BCUT2D eigenvalue weighted by atomic mass is 35.5. The molecule has 0 bridgehead atoms. The van der Waals surface area contributed by atoms with Gasteiger partial charge in [0.25, 0.3) is 0 Å². The molecule has 27 heavy (non-hydrogen) atoms. The smallest absolute Gasteiger partial charge is 0.227 e. The van der Waals surface area contributed by atoms with Crippen molar-refractivity contribution in [3.63, 3.8) is 0 Å². The molecule has 0 saturated carbocycles. The number of carbonyl (C=O) groups excluding carboxylic acids is 1. The second-order valence-corrected chi connectivity index (χ2v) is 8.42. The molecule has 2 heterocycles. The molecule has 142 valence electrons. The first-order valence-electron chi connectivity index (χ1n) is 9.62. The molecule has 1 amide bonds. The van der Waals surface area contributed by atoms with Gasteiger partial charge in [-0.1, -0.05) is 53.5 Å². The summed E-state index contributed by atoms with van der Waals surface area (Å²) in [6.07, 6.45) is 3.00. The van der Waals surface area contributed by atoms with E-state index in [0.29, 0.717) is 16.0 Å². The Labute approximate surface area is 170 Å². The molecule has 1 fully saturated rings. The van der Waals surface area contributed by atoms with Crippen molar-refractivity contribution in [1.82, 2.24) is 9.80 Å². The maximum atomic E-state index is 13.1. The van der Waals surface area contributed by atoms with Crippen molar-refractivity contribution < 1.29 is 4.79 Å². The molecule has 0 N–H and O–H groups in total. The number of rotatable bonds is 3. The van der Waals surface area contributed by atoms with Gasteiger partial charge in [-0.15, -0.1) is 0 Å². The molecule has 0 spiro atoms. The van der Waals surface area contributed by atoms with Gasteiger partial charge in [0.2, 0.25) is 5.91 Å². The number of amides is 1. The van der Waals surface area contributed by atoms with Crippen molar-refractivity contribution in [1.29, 1.82) is 0 Å². The second kappa shape index (κ2) is 8.22. The lowest BCUT2D eigenvalue weighted by atomic mass is 9.93. The molecule has 1 atom stereocenters. The SMILES string of the molecule is O=C(C1CCCN(Cc2ccc(Cl)c(Cl)c2)C1)N1CCc2ccccc2C1. The van der Waals surface area contributed by atoms with E-state index in [9.17, 15) is 4.79 Å². The molecule has 2 aromatic rings. The maximum Gasteiger partial charge on any atom is 0.227 e. The molecule has 5 heteroatoms. The predicted molar refractivity (Wildman–Crippen MR) is 110 cm³/mol. The first-order chi connectivity index (χ1) is 13.1. The van der Waals surface area contributed by atoms with Crippen LogP contribution in [0.2, 0.25) is 10.0 Å². The molecule has 0 radical (unpaired) electrons. The van der Waals surface area contributed by atoms with E-state index in [1.54, 1.807) is 0 Å². The van der Waals surface area contributed by atoms with E-state index in [4.69, 9.17) is 23.2 Å². The number of fused-ring (bicyclic) bond motifs is 1. The van der Waals surface area contributed by atoms with Crippen LogP contribution in [-0.4, -0.2) is 35.3 Å². The van der Waals surface area contributed by atoms with Crippen molar-refractivity contribution in [3.05, 3.63) is 69.2 Å². The molecule has 2 aliphatic heterocycles. The zero-order valence-electron chi connectivity index (χ0n) is 15.3. The molecule has 1 unspecified atom stereocenters. The summed E-state index contributed by atoms with van der Waals surface area (Å²) in [5.41, 5.74) is 3.82. The van der Waals surface area contributed by atoms with Gasteiger partial charge in [-0.25, -0.2) is 0 Å². The molecule has 0 aliphatic carbocycles. The van der Waals surface area contributed by atoms with E-state index < -0.39 is 0 Å². The van der Waals surface area contributed by atoms with Gasteiger partial charge in [0, 0.05) is 26.2 Å². The van der Waals surface area contributed by atoms with E-state index in [1.807, 2.05) is 18.2 Å². The summed E-state index contributed by atoms with van der Waals surface area (Å²) in [4.78, 5) is 17.5. The number of carbonyl (C=O) groups is 1. The average Bonchev–Trinajstić information content (AvgIpc) is 2.70. The summed E-state index contributed by atoms with van der Waals surface area (Å²) < 4.78 is 0. The van der Waals surface area contributed by atoms with E-state index in [-0.39, 0.29) is 5.92 Å². The topological polar surface area (TPSA) is 23.6 Å². The minimum Gasteiger partial charge on any atom is -0.338 e. The van der Waals surface area contributed by atoms with Crippen molar-refractivity contribution >= 4 is 29.1 Å². The third-order valence-electron chi connectivity index (χ3n) is 5.69. The van der Waals surface area contributed by atoms with Crippen LogP contribution >= 0.6 is 23.2 Å². The Balaban J connectivity index is 1.39. The Bertz CT molecular complexity index is 839. The quantitative estimate of drug-likeness (QED) is 0.736. The van der Waals surface area contributed by atoms with E-state index >= 15 is 0 Å². The normalized spacial score (nSPS) is 20.4. The van der Waals surface area contributed by atoms with Gasteiger partial charge in [-0.2, -0.15) is 0 Å². The number of likely N-dealkylation sites (tertiary alicyclic amines) is 1. The van der Waals surface area contributed by atoms with Crippen molar-refractivity contribution in [2.75, 3.05) is 19.6 Å². The Morgan fingerprint density at radius 3 is 2.67 bits per heavy atom. The van der Waals surface area contributed by atoms with Gasteiger partial charge in [0.15, 0.2) is 0 Å². The Kier molecular flexibility index (Phi) is 5.72. The lowest BCUT2D eigenvalue weighted by Crippen LogP contribution is -2.46. The maximum absolute atomic E-state index is 13.1. The number of benzene rings is 2. The first-order valence-corrected chi connectivity index (χ1v) is 10.4. The molecule has 0 aromatic heterocycles. The Morgan fingerprint density at radius 2 is 1.85 bits per heavy atom. The number of piperidine rings is 1. The molecule has 3 nitrogen and oxygen atoms in total. The number of hydrogen-bond acceptors (Lipinski definition) is 2. The summed E-state index contributed by atoms with van der Waals surface area (Å²) in [6.45, 7) is 4.23. The van der Waals surface area contributed by atoms with Gasteiger partial charge >= 0.3 is 0 Å². The van der Waals surface area contributed by atoms with Crippen LogP contribution in [0.25, 0.3) is 0 Å². The van der Waals surface area contributed by atoms with Gasteiger partial charge < -0.3 is 4.90 Å². The summed E-state index contributed by atoms with van der Waals surface area (Å²) in [7, 11) is 0. The summed E-state index contributed by atoms with van der Waals surface area (Å²) in [5, 5.41) is 1.17.